The number of hydrogen-bond acceptors (Lipinski definition) is 4. The van der Waals surface area contributed by atoms with Gasteiger partial charge in [0.1, 0.15) is 5.60 Å². The van der Waals surface area contributed by atoms with Gasteiger partial charge in [-0.2, -0.15) is 0 Å². The highest BCUT2D eigenvalue weighted by molar-refractivity contribution is 5.77. The molecule has 2 saturated heterocycles. The molecule has 0 saturated carbocycles. The van der Waals surface area contributed by atoms with Gasteiger partial charge in [0.25, 0.3) is 0 Å². The van der Waals surface area contributed by atoms with Crippen LogP contribution in [0.25, 0.3) is 0 Å². The van der Waals surface area contributed by atoms with Gasteiger partial charge in [0.2, 0.25) is 5.91 Å². The van der Waals surface area contributed by atoms with E-state index in [2.05, 4.69) is 34.2 Å². The summed E-state index contributed by atoms with van der Waals surface area (Å²) in [6.07, 6.45) is 4.38. The van der Waals surface area contributed by atoms with Crippen molar-refractivity contribution in [3.63, 3.8) is 0 Å². The summed E-state index contributed by atoms with van der Waals surface area (Å²) in [6, 6.07) is 8.29. The molecule has 2 fully saturated rings. The van der Waals surface area contributed by atoms with Crippen molar-refractivity contribution in [2.24, 2.45) is 5.92 Å². The molecule has 0 aromatic heterocycles. The molecule has 3 rings (SSSR count). The van der Waals surface area contributed by atoms with Gasteiger partial charge in [-0.3, -0.25) is 9.69 Å². The quantitative estimate of drug-likeness (QED) is 0.730. The van der Waals surface area contributed by atoms with E-state index in [-0.39, 0.29) is 23.5 Å². The van der Waals surface area contributed by atoms with Crippen LogP contribution < -0.4 is 5.32 Å². The van der Waals surface area contributed by atoms with Crippen LogP contribution in [0, 0.1) is 17.8 Å². The Bertz CT molecular complexity index is 775. The lowest BCUT2D eigenvalue weighted by molar-refractivity contribution is -0.125. The van der Waals surface area contributed by atoms with Gasteiger partial charge in [-0.25, -0.2) is 0 Å². The number of benzene rings is 1. The second kappa shape index (κ2) is 9.51. The normalized spacial score (nSPS) is 21.5. The number of nitrogens with one attached hydrogen (secondary N) is 1. The summed E-state index contributed by atoms with van der Waals surface area (Å²) in [6.45, 7) is 10.8. The molecule has 1 aromatic rings. The second-order valence-corrected chi connectivity index (χ2v) is 9.64. The summed E-state index contributed by atoms with van der Waals surface area (Å²) in [5, 5.41) is 12.7. The first kappa shape index (κ1) is 22.8. The van der Waals surface area contributed by atoms with Crippen LogP contribution in [0.5, 0.6) is 0 Å². The van der Waals surface area contributed by atoms with Crippen molar-refractivity contribution in [2.45, 2.75) is 77.2 Å². The van der Waals surface area contributed by atoms with E-state index < -0.39 is 5.60 Å². The van der Waals surface area contributed by atoms with E-state index in [4.69, 9.17) is 4.74 Å². The lowest BCUT2D eigenvalue weighted by atomic mass is 9.88. The van der Waals surface area contributed by atoms with Crippen LogP contribution in [-0.4, -0.2) is 52.9 Å². The van der Waals surface area contributed by atoms with Gasteiger partial charge in [-0.1, -0.05) is 37.8 Å². The van der Waals surface area contributed by atoms with E-state index in [1.807, 2.05) is 26.0 Å². The van der Waals surface area contributed by atoms with Gasteiger partial charge in [0.15, 0.2) is 0 Å². The molecular formula is C25H36N2O3. The highest BCUT2D eigenvalue weighted by atomic mass is 16.5. The molecule has 164 valence electrons. The molecule has 2 aliphatic rings. The molecular weight excluding hydrogens is 376 g/mol. The smallest absolute Gasteiger partial charge is 0.222 e. The molecule has 1 amide bonds. The SMILES string of the molecule is CC(C)C(=O)NC[C@H]1CCC2(CCN(Cc3ccc(C#CC(C)(C)O)cc3)CC2)O1. The van der Waals surface area contributed by atoms with Crippen LogP contribution >= 0.6 is 0 Å². The van der Waals surface area contributed by atoms with Crippen LogP contribution in [0.3, 0.4) is 0 Å². The van der Waals surface area contributed by atoms with Crippen molar-refractivity contribution in [3.8, 4) is 11.8 Å². The van der Waals surface area contributed by atoms with Crippen molar-refractivity contribution >= 4 is 5.91 Å². The first-order valence-electron chi connectivity index (χ1n) is 11.2. The molecule has 2 N–H and O–H groups in total. The van der Waals surface area contributed by atoms with Gasteiger partial charge in [0, 0.05) is 37.7 Å². The zero-order valence-corrected chi connectivity index (χ0v) is 18.8. The summed E-state index contributed by atoms with van der Waals surface area (Å²) in [5.74, 6) is 5.99. The maximum atomic E-state index is 11.8. The molecule has 1 aromatic carbocycles. The minimum Gasteiger partial charge on any atom is -0.378 e. The van der Waals surface area contributed by atoms with Crippen molar-refractivity contribution in [3.05, 3.63) is 35.4 Å². The van der Waals surface area contributed by atoms with Gasteiger partial charge in [0.05, 0.1) is 11.7 Å². The third kappa shape index (κ3) is 6.57. The number of piperidine rings is 1. The Morgan fingerprint density at radius 2 is 1.93 bits per heavy atom. The average Bonchev–Trinajstić information content (AvgIpc) is 3.09. The average molecular weight is 413 g/mol. The van der Waals surface area contributed by atoms with Crippen molar-refractivity contribution in [2.75, 3.05) is 19.6 Å². The summed E-state index contributed by atoms with van der Waals surface area (Å²) in [7, 11) is 0. The first-order valence-corrected chi connectivity index (χ1v) is 11.2. The number of aliphatic hydroxyl groups is 1. The first-order chi connectivity index (χ1) is 14.1. The minimum atomic E-state index is -0.968. The molecule has 2 aliphatic heterocycles. The fraction of sp³-hybridized carbons (Fsp3) is 0.640. The molecule has 30 heavy (non-hydrogen) atoms. The Morgan fingerprint density at radius 1 is 1.27 bits per heavy atom. The molecule has 2 heterocycles. The zero-order valence-electron chi connectivity index (χ0n) is 18.8. The predicted molar refractivity (Wildman–Crippen MR) is 119 cm³/mol. The molecule has 0 radical (unpaired) electrons. The highest BCUT2D eigenvalue weighted by Gasteiger charge is 2.42. The highest BCUT2D eigenvalue weighted by Crippen LogP contribution is 2.39. The Hall–Kier alpha value is -1.87. The van der Waals surface area contributed by atoms with Gasteiger partial charge in [-0.05, 0) is 57.2 Å². The number of amides is 1. The summed E-state index contributed by atoms with van der Waals surface area (Å²) in [4.78, 5) is 14.3. The van der Waals surface area contributed by atoms with Crippen LogP contribution in [-0.2, 0) is 16.1 Å². The largest absolute Gasteiger partial charge is 0.378 e. The van der Waals surface area contributed by atoms with Crippen molar-refractivity contribution in [1.82, 2.24) is 10.2 Å². The topological polar surface area (TPSA) is 61.8 Å². The number of hydrogen-bond donors (Lipinski definition) is 2. The van der Waals surface area contributed by atoms with E-state index >= 15 is 0 Å². The summed E-state index contributed by atoms with van der Waals surface area (Å²) >= 11 is 0. The van der Waals surface area contributed by atoms with Crippen LogP contribution in [0.15, 0.2) is 24.3 Å². The summed E-state index contributed by atoms with van der Waals surface area (Å²) in [5.41, 5.74) is 1.24. The lowest BCUT2D eigenvalue weighted by Crippen LogP contribution is -2.45. The minimum absolute atomic E-state index is 0.000268. The number of carbonyl (C=O) groups is 1. The van der Waals surface area contributed by atoms with Crippen molar-refractivity contribution < 1.29 is 14.6 Å². The molecule has 5 nitrogen and oxygen atoms in total. The van der Waals surface area contributed by atoms with Gasteiger partial charge < -0.3 is 15.2 Å². The van der Waals surface area contributed by atoms with Gasteiger partial charge in [-0.15, -0.1) is 0 Å². The number of likely N-dealkylation sites (tertiary alicyclic amines) is 1. The Labute approximate surface area is 181 Å². The molecule has 0 bridgehead atoms. The third-order valence-electron chi connectivity index (χ3n) is 6.01. The van der Waals surface area contributed by atoms with E-state index in [0.717, 1.165) is 50.9 Å². The lowest BCUT2D eigenvalue weighted by Gasteiger charge is -2.39. The van der Waals surface area contributed by atoms with E-state index in [1.165, 1.54) is 5.56 Å². The van der Waals surface area contributed by atoms with Crippen LogP contribution in [0.2, 0.25) is 0 Å². The zero-order chi connectivity index (χ0) is 21.8. The number of rotatable bonds is 5. The standard InChI is InChI=1S/C25H36N2O3/c1-19(2)23(28)26-17-22-10-12-25(30-22)13-15-27(16-14-25)18-21-7-5-20(6-8-21)9-11-24(3,4)29/h5-8,19,22,29H,10,12-18H2,1-4H3,(H,26,28)/t22-/m1/s1. The molecule has 1 atom stereocenters. The Kier molecular flexibility index (Phi) is 7.23. The Morgan fingerprint density at radius 3 is 2.53 bits per heavy atom. The monoisotopic (exact) mass is 412 g/mol. The predicted octanol–water partition coefficient (Wildman–Crippen LogP) is 3.09. The van der Waals surface area contributed by atoms with E-state index in [1.54, 1.807) is 13.8 Å². The Balaban J connectivity index is 1.44. The third-order valence-corrected chi connectivity index (χ3v) is 6.01. The number of ether oxygens (including phenoxy) is 1. The number of carbonyl (C=O) groups excluding carboxylic acids is 1. The van der Waals surface area contributed by atoms with Crippen LogP contribution in [0.1, 0.15) is 64.5 Å². The fourth-order valence-electron chi connectivity index (χ4n) is 4.12. The van der Waals surface area contributed by atoms with Gasteiger partial charge >= 0.3 is 0 Å². The van der Waals surface area contributed by atoms with Crippen LogP contribution in [0.4, 0.5) is 0 Å². The number of nitrogens with zero attached hydrogens (tertiary/aromatic N) is 1. The maximum absolute atomic E-state index is 11.8. The van der Waals surface area contributed by atoms with Crippen molar-refractivity contribution in [1.29, 1.82) is 0 Å². The molecule has 5 heteroatoms. The maximum Gasteiger partial charge on any atom is 0.222 e. The molecule has 1 spiro atoms. The second-order valence-electron chi connectivity index (χ2n) is 9.64. The van der Waals surface area contributed by atoms with E-state index in [9.17, 15) is 9.90 Å². The molecule has 0 unspecified atom stereocenters. The van der Waals surface area contributed by atoms with E-state index in [0.29, 0.717) is 6.54 Å². The summed E-state index contributed by atoms with van der Waals surface area (Å²) < 4.78 is 6.41. The fourth-order valence-corrected chi connectivity index (χ4v) is 4.12. The molecule has 0 aliphatic carbocycles.